The molecule has 1 saturated heterocycles. The Hall–Kier alpha value is -2.75. The molecule has 0 saturated carbocycles. The summed E-state index contributed by atoms with van der Waals surface area (Å²) in [7, 11) is 0. The molecule has 0 aromatic heterocycles. The lowest BCUT2D eigenvalue weighted by Gasteiger charge is -2.34. The van der Waals surface area contributed by atoms with Crippen LogP contribution in [0.15, 0.2) is 53.9 Å². The van der Waals surface area contributed by atoms with Crippen molar-refractivity contribution in [2.45, 2.75) is 17.6 Å². The number of carbonyl (C=O) groups is 2. The van der Waals surface area contributed by atoms with E-state index in [9.17, 15) is 14.9 Å². The highest BCUT2D eigenvalue weighted by atomic mass is 35.5. The third-order valence-corrected chi connectivity index (χ3v) is 6.54. The van der Waals surface area contributed by atoms with Gasteiger partial charge in [0.25, 0.3) is 5.91 Å². The fourth-order valence-electron chi connectivity index (χ4n) is 3.23. The van der Waals surface area contributed by atoms with E-state index in [1.54, 1.807) is 33.7 Å². The molecule has 3 rings (SSSR count). The molecule has 5 nitrogen and oxygen atoms in total. The quantitative estimate of drug-likeness (QED) is 0.517. The molecule has 0 atom stereocenters. The van der Waals surface area contributed by atoms with Crippen LogP contribution in [-0.2, 0) is 15.3 Å². The predicted molar refractivity (Wildman–Crippen MR) is 120 cm³/mol. The summed E-state index contributed by atoms with van der Waals surface area (Å²) in [5.41, 5.74) is 2.64. The van der Waals surface area contributed by atoms with E-state index in [4.69, 9.17) is 11.6 Å². The second kappa shape index (κ2) is 9.84. The van der Waals surface area contributed by atoms with Crippen LogP contribution >= 0.6 is 23.4 Å². The predicted octanol–water partition coefficient (Wildman–Crippen LogP) is 4.21. The van der Waals surface area contributed by atoms with Crippen molar-refractivity contribution in [3.05, 3.63) is 70.8 Å². The Morgan fingerprint density at radius 2 is 1.80 bits per heavy atom. The summed E-state index contributed by atoms with van der Waals surface area (Å²) in [6.45, 7) is 7.58. The van der Waals surface area contributed by atoms with E-state index in [0.717, 1.165) is 10.5 Å². The normalized spacial score (nSPS) is 13.6. The van der Waals surface area contributed by atoms with Crippen molar-refractivity contribution >= 4 is 40.8 Å². The highest BCUT2D eigenvalue weighted by Crippen LogP contribution is 2.30. The van der Waals surface area contributed by atoms with Crippen LogP contribution < -0.4 is 0 Å². The van der Waals surface area contributed by atoms with Crippen LogP contribution in [0, 0.1) is 11.3 Å². The monoisotopic (exact) mass is 439 g/mol. The summed E-state index contributed by atoms with van der Waals surface area (Å²) in [6, 6.07) is 15.2. The summed E-state index contributed by atoms with van der Waals surface area (Å²) in [5, 5.41) is 9.77. The van der Waals surface area contributed by atoms with Crippen LogP contribution in [0.5, 0.6) is 0 Å². The molecule has 1 aliphatic rings. The molecular formula is C23H22ClN3O2S. The summed E-state index contributed by atoms with van der Waals surface area (Å²) < 4.78 is 0. The number of hydrogen-bond acceptors (Lipinski definition) is 4. The van der Waals surface area contributed by atoms with E-state index in [-0.39, 0.29) is 11.8 Å². The van der Waals surface area contributed by atoms with E-state index in [2.05, 4.69) is 12.6 Å². The summed E-state index contributed by atoms with van der Waals surface area (Å²) in [4.78, 5) is 28.6. The van der Waals surface area contributed by atoms with Gasteiger partial charge in [-0.3, -0.25) is 9.59 Å². The van der Waals surface area contributed by atoms with Gasteiger partial charge in [-0.15, -0.1) is 11.8 Å². The molecule has 0 spiro atoms. The second-order valence-corrected chi connectivity index (χ2v) is 8.40. The molecule has 2 aromatic carbocycles. The van der Waals surface area contributed by atoms with Gasteiger partial charge in [-0.05, 0) is 29.3 Å². The molecule has 2 amide bonds. The summed E-state index contributed by atoms with van der Waals surface area (Å²) in [5.74, 6) is 0.503. The first-order chi connectivity index (χ1) is 14.4. The number of carbonyl (C=O) groups excluding carboxylic acids is 2. The van der Waals surface area contributed by atoms with Gasteiger partial charge in [0, 0.05) is 54.3 Å². The summed E-state index contributed by atoms with van der Waals surface area (Å²) >= 11 is 8.02. The number of benzene rings is 2. The number of nitrogens with zero attached hydrogens (tertiary/aromatic N) is 3. The first-order valence-electron chi connectivity index (χ1n) is 9.55. The minimum absolute atomic E-state index is 0.0264. The van der Waals surface area contributed by atoms with Crippen molar-refractivity contribution in [3.8, 4) is 6.07 Å². The molecule has 154 valence electrons. The Balaban J connectivity index is 1.64. The zero-order chi connectivity index (χ0) is 21.7. The molecule has 0 aliphatic carbocycles. The highest BCUT2D eigenvalue weighted by molar-refractivity contribution is 7.98. The number of piperazine rings is 1. The first kappa shape index (κ1) is 21.9. The van der Waals surface area contributed by atoms with E-state index >= 15 is 0 Å². The lowest BCUT2D eigenvalue weighted by atomic mass is 10.0. The number of nitriles is 1. The fourth-order valence-corrected chi connectivity index (χ4v) is 4.56. The van der Waals surface area contributed by atoms with Crippen LogP contribution in [0.3, 0.4) is 0 Å². The minimum Gasteiger partial charge on any atom is -0.339 e. The average molecular weight is 440 g/mol. The van der Waals surface area contributed by atoms with Crippen molar-refractivity contribution in [2.75, 3.05) is 26.2 Å². The van der Waals surface area contributed by atoms with E-state index < -0.39 is 0 Å². The fraction of sp³-hybridized carbons (Fsp3) is 0.261. The van der Waals surface area contributed by atoms with Gasteiger partial charge in [-0.1, -0.05) is 42.4 Å². The van der Waals surface area contributed by atoms with Crippen LogP contribution in [0.4, 0.5) is 0 Å². The maximum Gasteiger partial charge on any atom is 0.253 e. The maximum atomic E-state index is 12.8. The molecule has 30 heavy (non-hydrogen) atoms. The van der Waals surface area contributed by atoms with Gasteiger partial charge >= 0.3 is 0 Å². The Morgan fingerprint density at radius 3 is 2.43 bits per heavy atom. The standard InChI is InChI=1S/C23H22ClN3O2S/c1-16(23(29)27-11-9-26(10-12-27)17(2)28)18-7-8-20(21(24)13-18)15-30-22-6-4-3-5-19(22)14-25/h3-8,13H,1,9-12,15H2,2H3. The summed E-state index contributed by atoms with van der Waals surface area (Å²) in [6.07, 6.45) is 0. The van der Waals surface area contributed by atoms with Gasteiger partial charge < -0.3 is 9.80 Å². The Kier molecular flexibility index (Phi) is 7.20. The SMILES string of the molecule is C=C(C(=O)N1CCN(C(C)=O)CC1)c1ccc(CSc2ccccc2C#N)c(Cl)c1. The minimum atomic E-state index is -0.139. The zero-order valence-corrected chi connectivity index (χ0v) is 18.3. The zero-order valence-electron chi connectivity index (χ0n) is 16.7. The molecule has 0 N–H and O–H groups in total. The van der Waals surface area contributed by atoms with Crippen molar-refractivity contribution < 1.29 is 9.59 Å². The topological polar surface area (TPSA) is 64.4 Å². The maximum absolute atomic E-state index is 12.8. The van der Waals surface area contributed by atoms with Crippen molar-refractivity contribution in [1.29, 1.82) is 5.26 Å². The van der Waals surface area contributed by atoms with Crippen LogP contribution in [0.25, 0.3) is 5.57 Å². The molecule has 1 aliphatic heterocycles. The third-order valence-electron chi connectivity index (χ3n) is 5.06. The van der Waals surface area contributed by atoms with Crippen molar-refractivity contribution in [2.24, 2.45) is 0 Å². The van der Waals surface area contributed by atoms with Crippen LogP contribution in [-0.4, -0.2) is 47.8 Å². The van der Waals surface area contributed by atoms with Gasteiger partial charge in [0.05, 0.1) is 5.56 Å². The van der Waals surface area contributed by atoms with Crippen molar-refractivity contribution in [1.82, 2.24) is 9.80 Å². The van der Waals surface area contributed by atoms with E-state index in [1.165, 1.54) is 6.92 Å². The molecular weight excluding hydrogens is 418 g/mol. The molecule has 0 radical (unpaired) electrons. The molecule has 7 heteroatoms. The number of rotatable bonds is 5. The highest BCUT2D eigenvalue weighted by Gasteiger charge is 2.24. The van der Waals surface area contributed by atoms with Crippen molar-refractivity contribution in [3.63, 3.8) is 0 Å². The lowest BCUT2D eigenvalue weighted by Crippen LogP contribution is -2.50. The molecule has 2 aromatic rings. The smallest absolute Gasteiger partial charge is 0.253 e. The number of hydrogen-bond donors (Lipinski definition) is 0. The van der Waals surface area contributed by atoms with E-state index in [1.807, 2.05) is 30.3 Å². The molecule has 1 fully saturated rings. The van der Waals surface area contributed by atoms with Gasteiger partial charge in [-0.25, -0.2) is 0 Å². The third kappa shape index (κ3) is 5.05. The Bertz CT molecular complexity index is 1020. The van der Waals surface area contributed by atoms with Gasteiger partial charge in [0.15, 0.2) is 0 Å². The van der Waals surface area contributed by atoms with Gasteiger partial charge in [-0.2, -0.15) is 5.26 Å². The molecule has 0 unspecified atom stereocenters. The first-order valence-corrected chi connectivity index (χ1v) is 10.9. The van der Waals surface area contributed by atoms with Gasteiger partial charge in [0.2, 0.25) is 5.91 Å². The number of halogens is 1. The Morgan fingerprint density at radius 1 is 1.13 bits per heavy atom. The second-order valence-electron chi connectivity index (χ2n) is 6.98. The van der Waals surface area contributed by atoms with Gasteiger partial charge in [0.1, 0.15) is 6.07 Å². The molecule has 0 bridgehead atoms. The van der Waals surface area contributed by atoms with E-state index in [0.29, 0.717) is 53.7 Å². The largest absolute Gasteiger partial charge is 0.339 e. The van der Waals surface area contributed by atoms with Crippen LogP contribution in [0.2, 0.25) is 5.02 Å². The molecule has 1 heterocycles. The number of amides is 2. The van der Waals surface area contributed by atoms with Crippen LogP contribution in [0.1, 0.15) is 23.6 Å². The number of thioether (sulfide) groups is 1. The average Bonchev–Trinajstić information content (AvgIpc) is 2.77. The Labute approximate surface area is 185 Å². The lowest BCUT2D eigenvalue weighted by molar-refractivity contribution is -0.135.